The lowest BCUT2D eigenvalue weighted by molar-refractivity contribution is -0.121. The summed E-state index contributed by atoms with van der Waals surface area (Å²) in [7, 11) is 0. The fraction of sp³-hybridized carbons (Fsp3) is 0.500. The predicted octanol–water partition coefficient (Wildman–Crippen LogP) is 2.11. The molecule has 1 aliphatic rings. The van der Waals surface area contributed by atoms with Gasteiger partial charge in [0.15, 0.2) is 0 Å². The fourth-order valence-corrected chi connectivity index (χ4v) is 2.47. The Hall–Kier alpha value is -2.04. The van der Waals surface area contributed by atoms with Gasteiger partial charge in [-0.3, -0.25) is 9.59 Å². The van der Waals surface area contributed by atoms with Crippen molar-refractivity contribution in [2.24, 2.45) is 0 Å². The van der Waals surface area contributed by atoms with Crippen molar-refractivity contribution in [3.63, 3.8) is 0 Å². The van der Waals surface area contributed by atoms with Crippen LogP contribution in [0.4, 0.5) is 5.69 Å². The molecule has 21 heavy (non-hydrogen) atoms. The van der Waals surface area contributed by atoms with Gasteiger partial charge in [0.2, 0.25) is 11.8 Å². The van der Waals surface area contributed by atoms with Gasteiger partial charge in [-0.25, -0.2) is 0 Å². The van der Waals surface area contributed by atoms with E-state index in [1.54, 1.807) is 4.90 Å². The minimum Gasteiger partial charge on any atom is -0.494 e. The molecule has 0 spiro atoms. The predicted molar refractivity (Wildman–Crippen MR) is 81.4 cm³/mol. The number of hydrogen-bond donors (Lipinski definition) is 1. The standard InChI is InChI=1S/C16H22N2O3/c1-3-5-15(19)17-12-10-16(20)18(11-12)13-6-8-14(9-7-13)21-4-2/h6-9,12H,3-5,10-11H2,1-2H3,(H,17,19)/t12-/m1/s1. The molecule has 1 aromatic rings. The highest BCUT2D eigenvalue weighted by atomic mass is 16.5. The van der Waals surface area contributed by atoms with Crippen LogP contribution in [0.3, 0.4) is 0 Å². The number of benzene rings is 1. The topological polar surface area (TPSA) is 58.6 Å². The van der Waals surface area contributed by atoms with E-state index in [0.29, 0.717) is 26.0 Å². The first-order valence-electron chi connectivity index (χ1n) is 7.46. The SMILES string of the molecule is CCCC(=O)N[C@@H]1CC(=O)N(c2ccc(OCC)cc2)C1. The van der Waals surface area contributed by atoms with Gasteiger partial charge in [0.1, 0.15) is 5.75 Å². The summed E-state index contributed by atoms with van der Waals surface area (Å²) in [5.41, 5.74) is 0.843. The van der Waals surface area contributed by atoms with Crippen molar-refractivity contribution in [3.8, 4) is 5.75 Å². The molecule has 1 aliphatic heterocycles. The third-order valence-corrected chi connectivity index (χ3v) is 3.43. The first-order valence-corrected chi connectivity index (χ1v) is 7.46. The van der Waals surface area contributed by atoms with E-state index >= 15 is 0 Å². The second kappa shape index (κ2) is 7.11. The summed E-state index contributed by atoms with van der Waals surface area (Å²) in [6, 6.07) is 7.37. The number of ether oxygens (including phenoxy) is 1. The van der Waals surface area contributed by atoms with Crippen LogP contribution in [0, 0.1) is 0 Å². The monoisotopic (exact) mass is 290 g/mol. The Balaban J connectivity index is 1.97. The Bertz CT molecular complexity index is 499. The molecule has 0 unspecified atom stereocenters. The first kappa shape index (κ1) is 15.4. The molecule has 2 amide bonds. The lowest BCUT2D eigenvalue weighted by atomic mass is 10.2. The van der Waals surface area contributed by atoms with Gasteiger partial charge in [-0.15, -0.1) is 0 Å². The molecule has 114 valence electrons. The summed E-state index contributed by atoms with van der Waals surface area (Å²) in [6.07, 6.45) is 1.69. The molecule has 1 aromatic carbocycles. The highest BCUT2D eigenvalue weighted by molar-refractivity contribution is 5.96. The molecule has 1 fully saturated rings. The van der Waals surface area contributed by atoms with Gasteiger partial charge in [-0.1, -0.05) is 6.92 Å². The zero-order valence-corrected chi connectivity index (χ0v) is 12.6. The summed E-state index contributed by atoms with van der Waals surface area (Å²) >= 11 is 0. The summed E-state index contributed by atoms with van der Waals surface area (Å²) in [5, 5.41) is 2.92. The van der Waals surface area contributed by atoms with Crippen molar-refractivity contribution >= 4 is 17.5 Å². The minimum atomic E-state index is -0.0943. The van der Waals surface area contributed by atoms with Crippen molar-refractivity contribution in [3.05, 3.63) is 24.3 Å². The van der Waals surface area contributed by atoms with E-state index in [0.717, 1.165) is 17.9 Å². The largest absolute Gasteiger partial charge is 0.494 e. The third-order valence-electron chi connectivity index (χ3n) is 3.43. The fourth-order valence-electron chi connectivity index (χ4n) is 2.47. The maximum absolute atomic E-state index is 12.1. The van der Waals surface area contributed by atoms with E-state index in [2.05, 4.69) is 5.32 Å². The van der Waals surface area contributed by atoms with Crippen LogP contribution in [0.5, 0.6) is 5.75 Å². The number of rotatable bonds is 6. The molecule has 5 nitrogen and oxygen atoms in total. The normalized spacial score (nSPS) is 17.9. The van der Waals surface area contributed by atoms with Crippen LogP contribution in [0.15, 0.2) is 24.3 Å². The number of nitrogens with one attached hydrogen (secondary N) is 1. The van der Waals surface area contributed by atoms with Crippen molar-refractivity contribution in [1.29, 1.82) is 0 Å². The first-order chi connectivity index (χ1) is 10.1. The van der Waals surface area contributed by atoms with E-state index in [1.165, 1.54) is 0 Å². The molecule has 1 N–H and O–H groups in total. The molecule has 0 radical (unpaired) electrons. The Morgan fingerprint density at radius 2 is 2.05 bits per heavy atom. The molecule has 0 aromatic heterocycles. The van der Waals surface area contributed by atoms with E-state index in [9.17, 15) is 9.59 Å². The molecular formula is C16H22N2O3. The van der Waals surface area contributed by atoms with Crippen LogP contribution in [-0.4, -0.2) is 31.0 Å². The number of carbonyl (C=O) groups excluding carboxylic acids is 2. The Morgan fingerprint density at radius 1 is 1.33 bits per heavy atom. The lowest BCUT2D eigenvalue weighted by Crippen LogP contribution is -2.36. The molecule has 1 saturated heterocycles. The van der Waals surface area contributed by atoms with Crippen molar-refractivity contribution in [1.82, 2.24) is 5.32 Å². The summed E-state index contributed by atoms with van der Waals surface area (Å²) in [4.78, 5) is 25.4. The van der Waals surface area contributed by atoms with Crippen molar-refractivity contribution in [2.45, 2.75) is 39.2 Å². The van der Waals surface area contributed by atoms with Crippen LogP contribution in [-0.2, 0) is 9.59 Å². The van der Waals surface area contributed by atoms with Crippen molar-refractivity contribution < 1.29 is 14.3 Å². The van der Waals surface area contributed by atoms with E-state index in [4.69, 9.17) is 4.74 Å². The summed E-state index contributed by atoms with van der Waals surface area (Å²) in [5.74, 6) is 0.852. The number of hydrogen-bond acceptors (Lipinski definition) is 3. The van der Waals surface area contributed by atoms with Crippen LogP contribution in [0.1, 0.15) is 33.1 Å². The zero-order chi connectivity index (χ0) is 15.2. The van der Waals surface area contributed by atoms with Gasteiger partial charge < -0.3 is 15.0 Å². The maximum atomic E-state index is 12.1. The average molecular weight is 290 g/mol. The average Bonchev–Trinajstić information content (AvgIpc) is 2.81. The molecule has 1 atom stereocenters. The van der Waals surface area contributed by atoms with Gasteiger partial charge >= 0.3 is 0 Å². The number of anilines is 1. The molecule has 2 rings (SSSR count). The Morgan fingerprint density at radius 3 is 2.67 bits per heavy atom. The summed E-state index contributed by atoms with van der Waals surface area (Å²) < 4.78 is 5.39. The zero-order valence-electron chi connectivity index (χ0n) is 12.6. The van der Waals surface area contributed by atoms with Gasteiger partial charge in [0, 0.05) is 25.1 Å². The molecular weight excluding hydrogens is 268 g/mol. The van der Waals surface area contributed by atoms with Gasteiger partial charge in [0.05, 0.1) is 12.6 Å². The number of nitrogens with zero attached hydrogens (tertiary/aromatic N) is 1. The van der Waals surface area contributed by atoms with Crippen molar-refractivity contribution in [2.75, 3.05) is 18.1 Å². The molecule has 0 bridgehead atoms. The van der Waals surface area contributed by atoms with E-state index < -0.39 is 0 Å². The van der Waals surface area contributed by atoms with Gasteiger partial charge in [-0.05, 0) is 37.6 Å². The molecule has 0 saturated carbocycles. The second-order valence-corrected chi connectivity index (χ2v) is 5.15. The highest BCUT2D eigenvalue weighted by Crippen LogP contribution is 2.24. The van der Waals surface area contributed by atoms with Gasteiger partial charge in [0.25, 0.3) is 0 Å². The highest BCUT2D eigenvalue weighted by Gasteiger charge is 2.31. The smallest absolute Gasteiger partial charge is 0.229 e. The Kier molecular flexibility index (Phi) is 5.20. The van der Waals surface area contributed by atoms with E-state index in [-0.39, 0.29) is 17.9 Å². The molecule has 0 aliphatic carbocycles. The quantitative estimate of drug-likeness (QED) is 0.873. The van der Waals surface area contributed by atoms with Gasteiger partial charge in [-0.2, -0.15) is 0 Å². The van der Waals surface area contributed by atoms with Crippen LogP contribution >= 0.6 is 0 Å². The third kappa shape index (κ3) is 3.97. The Labute approximate surface area is 125 Å². The minimum absolute atomic E-state index is 0.0174. The summed E-state index contributed by atoms with van der Waals surface area (Å²) in [6.45, 7) is 5.04. The number of carbonyl (C=O) groups is 2. The number of amides is 2. The second-order valence-electron chi connectivity index (χ2n) is 5.15. The van der Waals surface area contributed by atoms with E-state index in [1.807, 2.05) is 38.1 Å². The molecule has 5 heteroatoms. The van der Waals surface area contributed by atoms with Crippen LogP contribution in [0.25, 0.3) is 0 Å². The molecule has 1 heterocycles. The lowest BCUT2D eigenvalue weighted by Gasteiger charge is -2.17. The maximum Gasteiger partial charge on any atom is 0.229 e. The van der Waals surface area contributed by atoms with Crippen LogP contribution < -0.4 is 15.0 Å². The van der Waals surface area contributed by atoms with Crippen LogP contribution in [0.2, 0.25) is 0 Å².